The number of carbonyl (C=O) groups is 1. The summed E-state index contributed by atoms with van der Waals surface area (Å²) in [7, 11) is 0. The summed E-state index contributed by atoms with van der Waals surface area (Å²) < 4.78 is 0. The van der Waals surface area contributed by atoms with Gasteiger partial charge in [0, 0.05) is 10.9 Å². The van der Waals surface area contributed by atoms with Gasteiger partial charge < -0.3 is 20.5 Å². The number of carbonyl (C=O) groups excluding carboxylic acids is 1. The first-order chi connectivity index (χ1) is 9.63. The summed E-state index contributed by atoms with van der Waals surface area (Å²) in [6.07, 6.45) is 0. The van der Waals surface area contributed by atoms with Gasteiger partial charge in [-0.1, -0.05) is 12.1 Å². The number of H-pyrrole nitrogens is 1. The van der Waals surface area contributed by atoms with Gasteiger partial charge in [-0.2, -0.15) is 0 Å². The van der Waals surface area contributed by atoms with Crippen molar-refractivity contribution >= 4 is 22.5 Å². The number of benzene rings is 2. The lowest BCUT2D eigenvalue weighted by molar-refractivity contribution is 0.102. The molecule has 0 aliphatic rings. The molecule has 2 aromatic carbocycles. The molecule has 0 bridgehead atoms. The Balaban J connectivity index is 1.91. The van der Waals surface area contributed by atoms with E-state index in [1.54, 1.807) is 42.5 Å². The molecule has 1 amide bonds. The van der Waals surface area contributed by atoms with Gasteiger partial charge in [-0.25, -0.2) is 0 Å². The normalized spacial score (nSPS) is 10.6. The molecule has 0 spiro atoms. The number of para-hydroxylation sites is 2. The molecule has 5 heteroatoms. The first-order valence-corrected chi connectivity index (χ1v) is 6.04. The summed E-state index contributed by atoms with van der Waals surface area (Å²) in [6.45, 7) is 0. The molecule has 0 unspecified atom stereocenters. The Labute approximate surface area is 114 Å². The molecular formula is C15H12N2O3. The van der Waals surface area contributed by atoms with Crippen LogP contribution in [-0.2, 0) is 0 Å². The van der Waals surface area contributed by atoms with Crippen molar-refractivity contribution in [1.29, 1.82) is 0 Å². The summed E-state index contributed by atoms with van der Waals surface area (Å²) in [5.74, 6) is -0.207. The van der Waals surface area contributed by atoms with Crippen LogP contribution in [0, 0.1) is 0 Å². The number of fused-ring (bicyclic) bond motifs is 1. The number of phenolic OH excluding ortho intramolecular Hbond substituents is 2. The molecule has 3 rings (SSSR count). The predicted molar refractivity (Wildman–Crippen MR) is 76.0 cm³/mol. The summed E-state index contributed by atoms with van der Waals surface area (Å²) in [5.41, 5.74) is 1.46. The lowest BCUT2D eigenvalue weighted by Crippen LogP contribution is -2.12. The number of aromatic hydroxyl groups is 2. The van der Waals surface area contributed by atoms with Gasteiger partial charge in [0.15, 0.2) is 0 Å². The van der Waals surface area contributed by atoms with Crippen LogP contribution in [0.2, 0.25) is 0 Å². The van der Waals surface area contributed by atoms with Crippen LogP contribution in [0.1, 0.15) is 10.5 Å². The van der Waals surface area contributed by atoms with Gasteiger partial charge in [0.05, 0.1) is 5.69 Å². The average molecular weight is 268 g/mol. The Bertz CT molecular complexity index is 793. The van der Waals surface area contributed by atoms with Gasteiger partial charge in [-0.15, -0.1) is 0 Å². The fraction of sp³-hybridized carbons (Fsp3) is 0. The second-order valence-electron chi connectivity index (χ2n) is 4.43. The first kappa shape index (κ1) is 12.1. The van der Waals surface area contributed by atoms with Crippen molar-refractivity contribution in [3.05, 3.63) is 54.2 Å². The number of aromatic nitrogens is 1. The van der Waals surface area contributed by atoms with Crippen molar-refractivity contribution < 1.29 is 15.0 Å². The number of rotatable bonds is 2. The third-order valence-electron chi connectivity index (χ3n) is 3.00. The Morgan fingerprint density at radius 2 is 1.85 bits per heavy atom. The molecule has 0 atom stereocenters. The number of hydrogen-bond donors (Lipinski definition) is 4. The van der Waals surface area contributed by atoms with Crippen molar-refractivity contribution in [2.75, 3.05) is 5.32 Å². The van der Waals surface area contributed by atoms with Gasteiger partial charge in [0.1, 0.15) is 17.2 Å². The van der Waals surface area contributed by atoms with Crippen LogP contribution < -0.4 is 5.32 Å². The Hall–Kier alpha value is -2.95. The minimum absolute atomic E-state index is 0.00889. The molecule has 100 valence electrons. The molecule has 0 saturated carbocycles. The van der Waals surface area contributed by atoms with E-state index < -0.39 is 0 Å². The average Bonchev–Trinajstić information content (AvgIpc) is 2.84. The maximum Gasteiger partial charge on any atom is 0.272 e. The zero-order chi connectivity index (χ0) is 14.1. The highest BCUT2D eigenvalue weighted by Crippen LogP contribution is 2.24. The van der Waals surface area contributed by atoms with Crippen molar-refractivity contribution in [3.8, 4) is 11.5 Å². The van der Waals surface area contributed by atoms with Crippen LogP contribution in [0.15, 0.2) is 48.5 Å². The fourth-order valence-electron chi connectivity index (χ4n) is 2.01. The number of hydrogen-bond acceptors (Lipinski definition) is 3. The molecular weight excluding hydrogens is 256 g/mol. The molecule has 20 heavy (non-hydrogen) atoms. The number of nitrogens with one attached hydrogen (secondary N) is 2. The predicted octanol–water partition coefficient (Wildman–Crippen LogP) is 2.83. The molecule has 0 saturated heterocycles. The van der Waals surface area contributed by atoms with E-state index in [9.17, 15) is 15.0 Å². The van der Waals surface area contributed by atoms with Crippen LogP contribution in [0.5, 0.6) is 11.5 Å². The van der Waals surface area contributed by atoms with E-state index in [0.717, 1.165) is 10.9 Å². The van der Waals surface area contributed by atoms with E-state index in [1.165, 1.54) is 6.07 Å². The van der Waals surface area contributed by atoms with Gasteiger partial charge in [0.2, 0.25) is 0 Å². The topological polar surface area (TPSA) is 85.3 Å². The zero-order valence-electron chi connectivity index (χ0n) is 10.4. The molecule has 1 heterocycles. The Morgan fingerprint density at radius 1 is 1.05 bits per heavy atom. The van der Waals surface area contributed by atoms with E-state index >= 15 is 0 Å². The zero-order valence-corrected chi connectivity index (χ0v) is 10.4. The lowest BCUT2D eigenvalue weighted by atomic mass is 10.2. The molecule has 3 aromatic rings. The maximum absolute atomic E-state index is 12.1. The molecule has 0 fully saturated rings. The van der Waals surface area contributed by atoms with E-state index in [0.29, 0.717) is 11.4 Å². The summed E-state index contributed by atoms with van der Waals surface area (Å²) in [6, 6.07) is 13.0. The van der Waals surface area contributed by atoms with Crippen molar-refractivity contribution in [2.45, 2.75) is 0 Å². The Morgan fingerprint density at radius 3 is 2.65 bits per heavy atom. The second-order valence-corrected chi connectivity index (χ2v) is 4.43. The lowest BCUT2D eigenvalue weighted by Gasteiger charge is -2.05. The van der Waals surface area contributed by atoms with E-state index in [4.69, 9.17) is 0 Å². The van der Waals surface area contributed by atoms with Gasteiger partial charge in [-0.05, 0) is 36.4 Å². The second kappa shape index (κ2) is 4.62. The molecule has 0 aliphatic heterocycles. The number of phenols is 2. The minimum Gasteiger partial charge on any atom is -0.508 e. The van der Waals surface area contributed by atoms with Crippen LogP contribution in [-0.4, -0.2) is 21.1 Å². The van der Waals surface area contributed by atoms with Gasteiger partial charge >= 0.3 is 0 Å². The summed E-state index contributed by atoms with van der Waals surface area (Å²) in [5, 5.41) is 22.4. The highest BCUT2D eigenvalue weighted by molar-refractivity contribution is 6.06. The first-order valence-electron chi connectivity index (χ1n) is 6.04. The third-order valence-corrected chi connectivity index (χ3v) is 3.00. The van der Waals surface area contributed by atoms with Crippen LogP contribution in [0.25, 0.3) is 10.9 Å². The Kier molecular flexibility index (Phi) is 2.80. The molecule has 1 aromatic heterocycles. The molecule has 5 nitrogen and oxygen atoms in total. The summed E-state index contributed by atoms with van der Waals surface area (Å²) >= 11 is 0. The molecule has 0 aliphatic carbocycles. The number of anilines is 1. The van der Waals surface area contributed by atoms with Crippen molar-refractivity contribution in [3.63, 3.8) is 0 Å². The van der Waals surface area contributed by atoms with Crippen molar-refractivity contribution in [2.24, 2.45) is 0 Å². The minimum atomic E-state index is -0.359. The standard InChI is InChI=1S/C15H12N2O3/c18-10-5-6-11-9(7-10)8-13(16-11)15(20)17-12-3-1-2-4-14(12)19/h1-8,16,18-19H,(H,17,20). The summed E-state index contributed by atoms with van der Waals surface area (Å²) in [4.78, 5) is 15.1. The van der Waals surface area contributed by atoms with Crippen molar-refractivity contribution in [1.82, 2.24) is 4.98 Å². The van der Waals surface area contributed by atoms with Crippen LogP contribution in [0.4, 0.5) is 5.69 Å². The highest BCUT2D eigenvalue weighted by Gasteiger charge is 2.11. The van der Waals surface area contributed by atoms with Gasteiger partial charge in [0.25, 0.3) is 5.91 Å². The molecule has 0 radical (unpaired) electrons. The van der Waals surface area contributed by atoms with Crippen LogP contribution >= 0.6 is 0 Å². The maximum atomic E-state index is 12.1. The monoisotopic (exact) mass is 268 g/mol. The number of amides is 1. The van der Waals surface area contributed by atoms with Crippen LogP contribution in [0.3, 0.4) is 0 Å². The largest absolute Gasteiger partial charge is 0.508 e. The van der Waals surface area contributed by atoms with E-state index in [-0.39, 0.29) is 17.4 Å². The quantitative estimate of drug-likeness (QED) is 0.539. The fourth-order valence-corrected chi connectivity index (χ4v) is 2.01. The van der Waals surface area contributed by atoms with Gasteiger partial charge in [-0.3, -0.25) is 4.79 Å². The SMILES string of the molecule is O=C(Nc1ccccc1O)c1cc2cc(O)ccc2[nH]1. The van der Waals surface area contributed by atoms with E-state index in [2.05, 4.69) is 10.3 Å². The smallest absolute Gasteiger partial charge is 0.272 e. The number of aromatic amines is 1. The highest BCUT2D eigenvalue weighted by atomic mass is 16.3. The third kappa shape index (κ3) is 2.16. The molecule has 4 N–H and O–H groups in total. The van der Waals surface area contributed by atoms with E-state index in [1.807, 2.05) is 0 Å².